The Balaban J connectivity index is 2.50. The molecule has 10 heteroatoms. The van der Waals surface area contributed by atoms with Crippen LogP contribution in [0.5, 0.6) is 0 Å². The zero-order valence-electron chi connectivity index (χ0n) is 21.9. The highest BCUT2D eigenvalue weighted by molar-refractivity contribution is 5.68. The van der Waals surface area contributed by atoms with E-state index in [1.807, 2.05) is 0 Å². The molecule has 2 fully saturated rings. The van der Waals surface area contributed by atoms with Crippen molar-refractivity contribution in [1.29, 1.82) is 0 Å². The fourth-order valence-electron chi connectivity index (χ4n) is 6.96. The molecule has 3 rings (SSSR count). The molecule has 3 aliphatic carbocycles. The number of carbonyl (C=O) groups excluding carboxylic acids is 3. The number of fused-ring (bicyclic) bond motifs is 2. The van der Waals surface area contributed by atoms with Gasteiger partial charge in [0.15, 0.2) is 0 Å². The molecule has 9 atom stereocenters. The zero-order chi connectivity index (χ0) is 27.5. The fourth-order valence-corrected chi connectivity index (χ4v) is 6.96. The number of aliphatic hydroxyl groups is 4. The Morgan fingerprint density at radius 1 is 0.944 bits per heavy atom. The molecule has 36 heavy (non-hydrogen) atoms. The van der Waals surface area contributed by atoms with Crippen LogP contribution in [0.15, 0.2) is 23.3 Å². The summed E-state index contributed by atoms with van der Waals surface area (Å²) in [5, 5.41) is 45.5. The van der Waals surface area contributed by atoms with Crippen molar-refractivity contribution in [3.63, 3.8) is 0 Å². The molecule has 4 N–H and O–H groups in total. The first-order valence-corrected chi connectivity index (χ1v) is 12.1. The summed E-state index contributed by atoms with van der Waals surface area (Å²) in [7, 11) is 0. The first-order chi connectivity index (χ1) is 16.4. The molecule has 202 valence electrons. The standard InChI is InChI=1S/C26H38O10/c1-11-16(30)9-18(34-13(3)27)25(8)20(11)22(35-14(4)28)26(24(6,7)33)10-17(31)12(2)19(26)21(32)23(25)36-15(5)29/h16-18,20-23,30-33H,1,9-10H2,2-8H3/t16-,17-,18-,20-,21+,22-,23-,25+,26-/m0/s1. The maximum Gasteiger partial charge on any atom is 0.303 e. The van der Waals surface area contributed by atoms with Crippen LogP contribution in [0.25, 0.3) is 0 Å². The highest BCUT2D eigenvalue weighted by Crippen LogP contribution is 2.65. The zero-order valence-corrected chi connectivity index (χ0v) is 21.9. The maximum atomic E-state index is 12.5. The van der Waals surface area contributed by atoms with Gasteiger partial charge in [0, 0.05) is 33.1 Å². The number of rotatable bonds is 4. The Morgan fingerprint density at radius 2 is 1.44 bits per heavy atom. The van der Waals surface area contributed by atoms with Crippen LogP contribution in [0.4, 0.5) is 0 Å². The van der Waals surface area contributed by atoms with Crippen LogP contribution in [-0.2, 0) is 28.6 Å². The number of hydrogen-bond donors (Lipinski definition) is 4. The van der Waals surface area contributed by atoms with Crippen LogP contribution in [0.3, 0.4) is 0 Å². The summed E-state index contributed by atoms with van der Waals surface area (Å²) < 4.78 is 17.3. The molecular formula is C26H38O10. The minimum Gasteiger partial charge on any atom is -0.462 e. The average molecular weight is 511 g/mol. The van der Waals surface area contributed by atoms with Gasteiger partial charge in [-0.15, -0.1) is 0 Å². The molecule has 10 nitrogen and oxygen atoms in total. The van der Waals surface area contributed by atoms with Crippen LogP contribution in [0.2, 0.25) is 0 Å². The van der Waals surface area contributed by atoms with E-state index in [4.69, 9.17) is 14.2 Å². The SMILES string of the molecule is C=C1[C@@H](O)C[C@H](OC(C)=O)[C@@]2(C)[C@@H](OC(C)=O)[C@H](O)C3=C(C)[C@@H](O)C[C@@]3(C(C)(C)O)[C@@H](OC(C)=O)[C@H]12. The molecule has 2 saturated carbocycles. The Morgan fingerprint density at radius 3 is 1.92 bits per heavy atom. The predicted molar refractivity (Wildman–Crippen MR) is 126 cm³/mol. The van der Waals surface area contributed by atoms with Crippen molar-refractivity contribution in [3.05, 3.63) is 23.3 Å². The van der Waals surface area contributed by atoms with E-state index < -0.39 is 76.9 Å². The van der Waals surface area contributed by atoms with Gasteiger partial charge in [-0.3, -0.25) is 14.4 Å². The normalized spacial score (nSPS) is 40.6. The lowest BCUT2D eigenvalue weighted by atomic mass is 9.54. The van der Waals surface area contributed by atoms with Gasteiger partial charge in [-0.05, 0) is 43.9 Å². The van der Waals surface area contributed by atoms with E-state index in [0.29, 0.717) is 5.57 Å². The van der Waals surface area contributed by atoms with E-state index in [2.05, 4.69) is 6.58 Å². The molecule has 0 heterocycles. The van der Waals surface area contributed by atoms with Gasteiger partial charge >= 0.3 is 17.9 Å². The number of carbonyl (C=O) groups is 3. The number of ether oxygens (including phenoxy) is 3. The van der Waals surface area contributed by atoms with Crippen molar-refractivity contribution in [2.75, 3.05) is 0 Å². The number of hydrogen-bond acceptors (Lipinski definition) is 10. The van der Waals surface area contributed by atoms with Gasteiger partial charge in [0.2, 0.25) is 0 Å². The van der Waals surface area contributed by atoms with Crippen LogP contribution in [0, 0.1) is 16.7 Å². The van der Waals surface area contributed by atoms with Crippen molar-refractivity contribution in [2.45, 2.75) is 104 Å². The molecule has 0 aliphatic heterocycles. The monoisotopic (exact) mass is 510 g/mol. The van der Waals surface area contributed by atoms with Crippen molar-refractivity contribution < 1.29 is 49.0 Å². The van der Waals surface area contributed by atoms with E-state index in [1.165, 1.54) is 34.6 Å². The van der Waals surface area contributed by atoms with Crippen LogP contribution >= 0.6 is 0 Å². The summed E-state index contributed by atoms with van der Waals surface area (Å²) in [4.78, 5) is 36.9. The second-order valence-electron chi connectivity index (χ2n) is 11.1. The molecule has 0 spiro atoms. The molecular weight excluding hydrogens is 472 g/mol. The first-order valence-electron chi connectivity index (χ1n) is 12.1. The largest absolute Gasteiger partial charge is 0.462 e. The second-order valence-corrected chi connectivity index (χ2v) is 11.1. The molecule has 0 amide bonds. The van der Waals surface area contributed by atoms with E-state index in [-0.39, 0.29) is 24.0 Å². The minimum absolute atomic E-state index is 0.0984. The molecule has 0 bridgehead atoms. The minimum atomic E-state index is -1.69. The second kappa shape index (κ2) is 9.24. The quantitative estimate of drug-likeness (QED) is 0.243. The van der Waals surface area contributed by atoms with Crippen molar-refractivity contribution in [3.8, 4) is 0 Å². The van der Waals surface area contributed by atoms with Gasteiger partial charge in [-0.25, -0.2) is 0 Å². The number of esters is 3. The Hall–Kier alpha value is -2.27. The van der Waals surface area contributed by atoms with Gasteiger partial charge in [0.25, 0.3) is 0 Å². The predicted octanol–water partition coefficient (Wildman–Crippen LogP) is 0.938. The van der Waals surface area contributed by atoms with E-state index in [0.717, 1.165) is 0 Å². The molecule has 0 aromatic carbocycles. The van der Waals surface area contributed by atoms with Crippen molar-refractivity contribution in [1.82, 2.24) is 0 Å². The summed E-state index contributed by atoms with van der Waals surface area (Å²) in [5.74, 6) is -3.15. The molecule has 0 radical (unpaired) electrons. The van der Waals surface area contributed by atoms with Gasteiger partial charge < -0.3 is 34.6 Å². The molecule has 3 aliphatic rings. The lowest BCUT2D eigenvalue weighted by Gasteiger charge is -2.55. The van der Waals surface area contributed by atoms with Crippen molar-refractivity contribution in [2.24, 2.45) is 16.7 Å². The van der Waals surface area contributed by atoms with E-state index >= 15 is 0 Å². The van der Waals surface area contributed by atoms with Crippen LogP contribution in [0.1, 0.15) is 61.3 Å². The van der Waals surface area contributed by atoms with Crippen LogP contribution in [-0.4, -0.2) is 80.6 Å². The smallest absolute Gasteiger partial charge is 0.303 e. The lowest BCUT2D eigenvalue weighted by molar-refractivity contribution is -0.214. The molecule has 0 saturated heterocycles. The first kappa shape index (κ1) is 28.3. The lowest BCUT2D eigenvalue weighted by Crippen LogP contribution is -2.63. The third kappa shape index (κ3) is 4.08. The molecule has 0 aromatic heterocycles. The highest BCUT2D eigenvalue weighted by Gasteiger charge is 2.72. The highest BCUT2D eigenvalue weighted by atomic mass is 16.6. The summed E-state index contributed by atoms with van der Waals surface area (Å²) in [6.07, 6.45) is -7.83. The topological polar surface area (TPSA) is 160 Å². The summed E-state index contributed by atoms with van der Waals surface area (Å²) in [6.45, 7) is 13.8. The van der Waals surface area contributed by atoms with E-state index in [9.17, 15) is 34.8 Å². The maximum absolute atomic E-state index is 12.5. The third-order valence-electron chi connectivity index (χ3n) is 8.52. The van der Waals surface area contributed by atoms with Gasteiger partial charge in [-0.2, -0.15) is 0 Å². The average Bonchev–Trinajstić information content (AvgIpc) is 2.96. The Labute approximate surface area is 210 Å². The summed E-state index contributed by atoms with van der Waals surface area (Å²) in [6, 6.07) is 0. The molecule has 0 unspecified atom stereocenters. The van der Waals surface area contributed by atoms with Gasteiger partial charge in [-0.1, -0.05) is 13.5 Å². The third-order valence-corrected chi connectivity index (χ3v) is 8.52. The van der Waals surface area contributed by atoms with Crippen LogP contribution < -0.4 is 0 Å². The van der Waals surface area contributed by atoms with Crippen molar-refractivity contribution >= 4 is 17.9 Å². The Bertz CT molecular complexity index is 993. The van der Waals surface area contributed by atoms with Gasteiger partial charge in [0.1, 0.15) is 24.4 Å². The number of aliphatic hydroxyl groups excluding tert-OH is 3. The van der Waals surface area contributed by atoms with Gasteiger partial charge in [0.05, 0.1) is 28.6 Å². The fraction of sp³-hybridized carbons (Fsp3) is 0.731. The summed E-state index contributed by atoms with van der Waals surface area (Å²) in [5.41, 5.74) is -3.97. The molecule has 0 aromatic rings. The Kier molecular flexibility index (Phi) is 7.26. The van der Waals surface area contributed by atoms with E-state index in [1.54, 1.807) is 13.8 Å². The summed E-state index contributed by atoms with van der Waals surface area (Å²) >= 11 is 0.